The van der Waals surface area contributed by atoms with Gasteiger partial charge in [0.2, 0.25) is 0 Å². The lowest BCUT2D eigenvalue weighted by molar-refractivity contribution is -0.0105. The third-order valence-electron chi connectivity index (χ3n) is 6.02. The lowest BCUT2D eigenvalue weighted by Crippen LogP contribution is -2.41. The first kappa shape index (κ1) is 20.6. The number of furan rings is 1. The summed E-state index contributed by atoms with van der Waals surface area (Å²) >= 11 is 0. The summed E-state index contributed by atoms with van der Waals surface area (Å²) in [5.74, 6) is 1.66. The van der Waals surface area contributed by atoms with Crippen LogP contribution < -0.4 is 10.1 Å². The quantitative estimate of drug-likeness (QED) is 0.584. The number of aromatic nitrogens is 2. The molecule has 1 aliphatic rings. The van der Waals surface area contributed by atoms with Crippen LogP contribution in [0.15, 0.2) is 53.4 Å². The number of nitrogens with one attached hydrogen (secondary N) is 1. The fourth-order valence-corrected chi connectivity index (χ4v) is 4.17. The fraction of sp³-hybridized carbons (Fsp3) is 0.417. The van der Waals surface area contributed by atoms with Gasteiger partial charge in [0.25, 0.3) is 0 Å². The number of ether oxygens (including phenoxy) is 1. The highest BCUT2D eigenvalue weighted by Gasteiger charge is 2.32. The molecule has 2 aromatic heterocycles. The molecule has 1 fully saturated rings. The number of methoxy groups -OCH3 is 1. The summed E-state index contributed by atoms with van der Waals surface area (Å²) in [6.45, 7) is 0.804. The van der Waals surface area contributed by atoms with Crippen molar-refractivity contribution in [1.29, 1.82) is 0 Å². The van der Waals surface area contributed by atoms with Crippen LogP contribution in [0, 0.1) is 0 Å². The van der Waals surface area contributed by atoms with Crippen molar-refractivity contribution in [3.05, 3.63) is 60.5 Å². The zero-order valence-electron chi connectivity index (χ0n) is 17.4. The Morgan fingerprint density at radius 3 is 2.90 bits per heavy atom. The maximum Gasteiger partial charge on any atom is 0.126 e. The van der Waals surface area contributed by atoms with E-state index in [0.717, 1.165) is 66.8 Å². The summed E-state index contributed by atoms with van der Waals surface area (Å²) in [6, 6.07) is 10.1. The Bertz CT molecular complexity index is 977. The van der Waals surface area contributed by atoms with Gasteiger partial charge in [-0.2, -0.15) is 0 Å². The summed E-state index contributed by atoms with van der Waals surface area (Å²) < 4.78 is 10.6. The molecule has 0 aliphatic heterocycles. The van der Waals surface area contributed by atoms with Crippen LogP contribution in [-0.4, -0.2) is 40.4 Å². The molecule has 158 valence electrons. The van der Waals surface area contributed by atoms with Crippen LogP contribution >= 0.6 is 0 Å². The Morgan fingerprint density at radius 2 is 2.13 bits per heavy atom. The molecule has 6 heteroatoms. The molecule has 0 radical (unpaired) electrons. The fourth-order valence-electron chi connectivity index (χ4n) is 4.17. The topological polar surface area (TPSA) is 80.4 Å². The maximum absolute atomic E-state index is 11.1. The van der Waals surface area contributed by atoms with Gasteiger partial charge in [0.05, 0.1) is 30.2 Å². The molecule has 1 aromatic carbocycles. The van der Waals surface area contributed by atoms with Gasteiger partial charge in [0, 0.05) is 18.0 Å². The van der Waals surface area contributed by atoms with Crippen LogP contribution in [0.5, 0.6) is 5.75 Å². The highest BCUT2D eigenvalue weighted by molar-refractivity contribution is 5.82. The molecular formula is C24H29N3O3. The molecule has 0 saturated heterocycles. The number of hydrogen-bond acceptors (Lipinski definition) is 6. The van der Waals surface area contributed by atoms with Gasteiger partial charge in [-0.1, -0.05) is 6.08 Å². The molecule has 1 saturated carbocycles. The van der Waals surface area contributed by atoms with E-state index in [0.29, 0.717) is 12.5 Å². The van der Waals surface area contributed by atoms with E-state index < -0.39 is 5.60 Å². The molecule has 3 aromatic rings. The third-order valence-corrected chi connectivity index (χ3v) is 6.02. The summed E-state index contributed by atoms with van der Waals surface area (Å²) in [4.78, 5) is 8.82. The maximum atomic E-state index is 11.1. The molecule has 6 nitrogen and oxygen atoms in total. The molecule has 0 amide bonds. The highest BCUT2D eigenvalue weighted by Crippen LogP contribution is 2.33. The van der Waals surface area contributed by atoms with Crippen molar-refractivity contribution in [2.24, 2.45) is 0 Å². The Balaban J connectivity index is 1.28. The molecule has 1 aliphatic carbocycles. The summed E-state index contributed by atoms with van der Waals surface area (Å²) in [6.07, 6.45) is 12.3. The standard InChI is InChI=1S/C24H29N3O3/c1-29-20-6-7-22-21(16-20)23(27-17-26-22)10-13-24(28)11-8-18(9-12-24)25-14-2-4-19-5-3-15-30-19/h2-7,15-18,25,28H,8-14H2,1H3. The van der Waals surface area contributed by atoms with E-state index in [9.17, 15) is 5.11 Å². The van der Waals surface area contributed by atoms with Crippen molar-refractivity contribution >= 4 is 17.0 Å². The average molecular weight is 408 g/mol. The largest absolute Gasteiger partial charge is 0.497 e. The number of hydrogen-bond donors (Lipinski definition) is 2. The summed E-state index contributed by atoms with van der Waals surface area (Å²) in [5.41, 5.74) is 1.25. The molecule has 4 rings (SSSR count). The van der Waals surface area contributed by atoms with Crippen molar-refractivity contribution in [2.75, 3.05) is 13.7 Å². The summed E-state index contributed by atoms with van der Waals surface area (Å²) in [7, 11) is 1.66. The van der Waals surface area contributed by atoms with Crippen molar-refractivity contribution in [3.8, 4) is 5.75 Å². The van der Waals surface area contributed by atoms with E-state index in [1.807, 2.05) is 36.4 Å². The lowest BCUT2D eigenvalue weighted by atomic mass is 9.79. The number of nitrogens with zero attached hydrogens (tertiary/aromatic N) is 2. The number of fused-ring (bicyclic) bond motifs is 1. The van der Waals surface area contributed by atoms with Gasteiger partial charge < -0.3 is 19.6 Å². The number of rotatable bonds is 8. The van der Waals surface area contributed by atoms with Gasteiger partial charge >= 0.3 is 0 Å². The smallest absolute Gasteiger partial charge is 0.126 e. The summed E-state index contributed by atoms with van der Waals surface area (Å²) in [5, 5.41) is 15.7. The first-order chi connectivity index (χ1) is 14.6. The lowest BCUT2D eigenvalue weighted by Gasteiger charge is -2.36. The predicted molar refractivity (Wildman–Crippen MR) is 117 cm³/mol. The molecule has 0 bridgehead atoms. The van der Waals surface area contributed by atoms with Crippen LogP contribution in [0.2, 0.25) is 0 Å². The molecular weight excluding hydrogens is 378 g/mol. The van der Waals surface area contributed by atoms with Crippen LogP contribution in [0.3, 0.4) is 0 Å². The zero-order valence-corrected chi connectivity index (χ0v) is 17.4. The predicted octanol–water partition coefficient (Wildman–Crippen LogP) is 4.14. The highest BCUT2D eigenvalue weighted by atomic mass is 16.5. The third kappa shape index (κ3) is 5.07. The molecule has 0 spiro atoms. The van der Waals surface area contributed by atoms with E-state index in [1.165, 1.54) is 0 Å². The van der Waals surface area contributed by atoms with Crippen molar-refractivity contribution in [3.63, 3.8) is 0 Å². The Kier molecular flexibility index (Phi) is 6.45. The second-order valence-corrected chi connectivity index (χ2v) is 8.03. The van der Waals surface area contributed by atoms with Crippen LogP contribution in [0.1, 0.15) is 43.6 Å². The second-order valence-electron chi connectivity index (χ2n) is 8.03. The molecule has 0 unspecified atom stereocenters. The van der Waals surface area contributed by atoms with Crippen LogP contribution in [0.4, 0.5) is 0 Å². The Labute approximate surface area is 177 Å². The molecule has 2 heterocycles. The van der Waals surface area contributed by atoms with Crippen molar-refractivity contribution in [1.82, 2.24) is 15.3 Å². The first-order valence-corrected chi connectivity index (χ1v) is 10.6. The van der Waals surface area contributed by atoms with E-state index in [2.05, 4.69) is 21.4 Å². The van der Waals surface area contributed by atoms with Gasteiger partial charge in [-0.3, -0.25) is 0 Å². The van der Waals surface area contributed by atoms with Crippen molar-refractivity contribution < 1.29 is 14.3 Å². The number of aliphatic hydroxyl groups is 1. The van der Waals surface area contributed by atoms with Crippen LogP contribution in [-0.2, 0) is 6.42 Å². The molecule has 30 heavy (non-hydrogen) atoms. The van der Waals surface area contributed by atoms with Crippen molar-refractivity contribution in [2.45, 2.75) is 50.2 Å². The first-order valence-electron chi connectivity index (χ1n) is 10.6. The zero-order chi connectivity index (χ0) is 20.8. The van der Waals surface area contributed by atoms with E-state index in [1.54, 1.807) is 19.7 Å². The van der Waals surface area contributed by atoms with E-state index >= 15 is 0 Å². The van der Waals surface area contributed by atoms with Crippen LogP contribution in [0.25, 0.3) is 17.0 Å². The van der Waals surface area contributed by atoms with E-state index in [-0.39, 0.29) is 0 Å². The Hall–Kier alpha value is -2.70. The van der Waals surface area contributed by atoms with Gasteiger partial charge in [-0.15, -0.1) is 0 Å². The van der Waals surface area contributed by atoms with Gasteiger partial charge in [-0.25, -0.2) is 9.97 Å². The molecule has 0 atom stereocenters. The van der Waals surface area contributed by atoms with Gasteiger partial charge in [-0.05, 0) is 74.9 Å². The minimum atomic E-state index is -0.627. The molecule has 2 N–H and O–H groups in total. The van der Waals surface area contributed by atoms with Gasteiger partial charge in [0.15, 0.2) is 0 Å². The van der Waals surface area contributed by atoms with Gasteiger partial charge in [0.1, 0.15) is 17.8 Å². The Morgan fingerprint density at radius 1 is 1.27 bits per heavy atom. The van der Waals surface area contributed by atoms with E-state index in [4.69, 9.17) is 9.15 Å². The average Bonchev–Trinajstić information content (AvgIpc) is 3.30. The minimum absolute atomic E-state index is 0.440. The SMILES string of the molecule is COc1ccc2ncnc(CCC3(O)CCC(NCC=Cc4ccco4)CC3)c2c1. The normalized spacial score (nSPS) is 22.0. The minimum Gasteiger partial charge on any atom is -0.497 e. The monoisotopic (exact) mass is 407 g/mol. The number of benzene rings is 1. The number of aryl methyl sites for hydroxylation is 1. The second kappa shape index (κ2) is 9.41.